The number of nitrogens with zero attached hydrogens (tertiary/aromatic N) is 3. The number of carbonyl (C=O) groups excluding carboxylic acids is 1. The lowest BCUT2D eigenvalue weighted by atomic mass is 10.2. The molecule has 1 aromatic heterocycles. The molecular weight excluding hydrogens is 228 g/mol. The van der Waals surface area contributed by atoms with Crippen molar-refractivity contribution >= 4 is 11.6 Å². The quantitative estimate of drug-likeness (QED) is 0.773. The third kappa shape index (κ3) is 2.61. The molecule has 5 nitrogen and oxygen atoms in total. The topological polar surface area (TPSA) is 64.2 Å². The number of hydrogen-bond acceptors (Lipinski definition) is 3. The van der Waals surface area contributed by atoms with Gasteiger partial charge in [0, 0.05) is 20.1 Å². The summed E-state index contributed by atoms with van der Waals surface area (Å²) >= 11 is 0. The number of rotatable bonds is 6. The molecule has 2 N–H and O–H groups in total. The highest BCUT2D eigenvalue weighted by Crippen LogP contribution is 2.18. The lowest BCUT2D eigenvalue weighted by Gasteiger charge is -2.19. The van der Waals surface area contributed by atoms with Crippen molar-refractivity contribution in [2.24, 2.45) is 7.05 Å². The smallest absolute Gasteiger partial charge is 0.274 e. The van der Waals surface area contributed by atoms with Crippen LogP contribution in [0.1, 0.15) is 23.1 Å². The van der Waals surface area contributed by atoms with Gasteiger partial charge in [0.05, 0.1) is 11.4 Å². The van der Waals surface area contributed by atoms with Gasteiger partial charge >= 0.3 is 0 Å². The van der Waals surface area contributed by atoms with Gasteiger partial charge in [-0.3, -0.25) is 9.48 Å². The van der Waals surface area contributed by atoms with E-state index < -0.39 is 0 Å². The summed E-state index contributed by atoms with van der Waals surface area (Å²) in [6.07, 6.45) is 4.05. The molecule has 0 aliphatic carbocycles. The van der Waals surface area contributed by atoms with Crippen LogP contribution in [0.5, 0.6) is 0 Å². The first-order valence-corrected chi connectivity index (χ1v) is 5.89. The molecule has 0 aliphatic rings. The van der Waals surface area contributed by atoms with Crippen LogP contribution < -0.4 is 5.73 Å². The van der Waals surface area contributed by atoms with Crippen LogP contribution in [0.15, 0.2) is 25.3 Å². The van der Waals surface area contributed by atoms with Crippen LogP contribution in [-0.4, -0.2) is 33.7 Å². The van der Waals surface area contributed by atoms with Gasteiger partial charge < -0.3 is 10.6 Å². The first kappa shape index (κ1) is 14.0. The van der Waals surface area contributed by atoms with Gasteiger partial charge in [0.2, 0.25) is 0 Å². The van der Waals surface area contributed by atoms with Crippen molar-refractivity contribution in [3.63, 3.8) is 0 Å². The number of amides is 1. The standard InChI is InChI=1S/C13H20N4O/c1-5-8-17(9-6-2)13(18)12-11(14)10(7-3)15-16(12)4/h5-6H,1-2,7-9,14H2,3-4H3. The fraction of sp³-hybridized carbons (Fsp3) is 0.385. The summed E-state index contributed by atoms with van der Waals surface area (Å²) in [5.41, 5.74) is 7.60. The average Bonchev–Trinajstić information content (AvgIpc) is 2.63. The van der Waals surface area contributed by atoms with Crippen molar-refractivity contribution < 1.29 is 4.79 Å². The van der Waals surface area contributed by atoms with E-state index in [2.05, 4.69) is 18.3 Å². The van der Waals surface area contributed by atoms with Gasteiger partial charge in [-0.15, -0.1) is 13.2 Å². The number of nitrogen functional groups attached to an aromatic ring is 1. The molecule has 0 radical (unpaired) electrons. The molecule has 98 valence electrons. The number of carbonyl (C=O) groups is 1. The molecular formula is C13H20N4O. The maximum Gasteiger partial charge on any atom is 0.274 e. The molecule has 0 fully saturated rings. The van der Waals surface area contributed by atoms with E-state index in [0.717, 1.165) is 5.69 Å². The van der Waals surface area contributed by atoms with Crippen molar-refractivity contribution in [2.75, 3.05) is 18.8 Å². The second kappa shape index (κ2) is 6.05. The molecule has 0 aromatic carbocycles. The maximum absolute atomic E-state index is 12.4. The van der Waals surface area contributed by atoms with Crippen molar-refractivity contribution in [3.05, 3.63) is 36.7 Å². The lowest BCUT2D eigenvalue weighted by molar-refractivity contribution is 0.0781. The zero-order valence-electron chi connectivity index (χ0n) is 11.0. The zero-order chi connectivity index (χ0) is 13.7. The van der Waals surface area contributed by atoms with Crippen LogP contribution in [0, 0.1) is 0 Å². The normalized spacial score (nSPS) is 10.1. The van der Waals surface area contributed by atoms with Crippen LogP contribution in [0.25, 0.3) is 0 Å². The highest BCUT2D eigenvalue weighted by atomic mass is 16.2. The van der Waals surface area contributed by atoms with Crippen LogP contribution in [0.4, 0.5) is 5.69 Å². The second-order valence-electron chi connectivity index (χ2n) is 3.97. The molecule has 1 amide bonds. The predicted molar refractivity (Wildman–Crippen MR) is 73.3 cm³/mol. The maximum atomic E-state index is 12.4. The molecule has 18 heavy (non-hydrogen) atoms. The molecule has 1 aromatic rings. The Balaban J connectivity index is 3.11. The number of aryl methyl sites for hydroxylation is 2. The largest absolute Gasteiger partial charge is 0.395 e. The van der Waals surface area contributed by atoms with Crippen LogP contribution in [-0.2, 0) is 13.5 Å². The van der Waals surface area contributed by atoms with E-state index in [4.69, 9.17) is 5.73 Å². The number of hydrogen-bond donors (Lipinski definition) is 1. The number of anilines is 1. The SMILES string of the molecule is C=CCN(CC=C)C(=O)c1c(N)c(CC)nn1C. The summed E-state index contributed by atoms with van der Waals surface area (Å²) in [5, 5.41) is 4.24. The molecule has 0 saturated heterocycles. The van der Waals surface area contributed by atoms with E-state index in [1.54, 1.807) is 24.1 Å². The average molecular weight is 248 g/mol. The van der Waals surface area contributed by atoms with E-state index in [1.807, 2.05) is 6.92 Å². The number of nitrogens with two attached hydrogens (primary N) is 1. The third-order valence-electron chi connectivity index (χ3n) is 2.68. The minimum absolute atomic E-state index is 0.151. The lowest BCUT2D eigenvalue weighted by Crippen LogP contribution is -2.33. The van der Waals surface area contributed by atoms with Gasteiger partial charge in [0.25, 0.3) is 5.91 Å². The van der Waals surface area contributed by atoms with Gasteiger partial charge in [-0.2, -0.15) is 5.10 Å². The fourth-order valence-corrected chi connectivity index (χ4v) is 1.81. The Kier molecular flexibility index (Phi) is 4.71. The summed E-state index contributed by atoms with van der Waals surface area (Å²) in [4.78, 5) is 14.0. The Morgan fingerprint density at radius 1 is 1.44 bits per heavy atom. The van der Waals surface area contributed by atoms with Gasteiger partial charge in [0.15, 0.2) is 0 Å². The minimum atomic E-state index is -0.151. The summed E-state index contributed by atoms with van der Waals surface area (Å²) in [6, 6.07) is 0. The van der Waals surface area contributed by atoms with Gasteiger partial charge in [-0.05, 0) is 6.42 Å². The molecule has 0 bridgehead atoms. The number of aromatic nitrogens is 2. The molecule has 1 heterocycles. The van der Waals surface area contributed by atoms with E-state index in [0.29, 0.717) is 30.9 Å². The summed E-state index contributed by atoms with van der Waals surface area (Å²) in [5.74, 6) is -0.151. The summed E-state index contributed by atoms with van der Waals surface area (Å²) in [7, 11) is 1.72. The molecule has 0 atom stereocenters. The molecule has 0 saturated carbocycles. The van der Waals surface area contributed by atoms with Crippen molar-refractivity contribution in [3.8, 4) is 0 Å². The van der Waals surface area contributed by atoms with E-state index in [-0.39, 0.29) is 5.91 Å². The fourth-order valence-electron chi connectivity index (χ4n) is 1.81. The minimum Gasteiger partial charge on any atom is -0.395 e. The monoisotopic (exact) mass is 248 g/mol. The first-order valence-electron chi connectivity index (χ1n) is 5.89. The predicted octanol–water partition coefficient (Wildman–Crippen LogP) is 1.38. The highest BCUT2D eigenvalue weighted by molar-refractivity contribution is 5.98. The van der Waals surface area contributed by atoms with Crippen molar-refractivity contribution in [1.82, 2.24) is 14.7 Å². The molecule has 5 heteroatoms. The zero-order valence-corrected chi connectivity index (χ0v) is 11.0. The van der Waals surface area contributed by atoms with E-state index in [9.17, 15) is 4.79 Å². The van der Waals surface area contributed by atoms with Gasteiger partial charge in [-0.1, -0.05) is 19.1 Å². The van der Waals surface area contributed by atoms with E-state index in [1.165, 1.54) is 4.68 Å². The van der Waals surface area contributed by atoms with Gasteiger partial charge in [-0.25, -0.2) is 0 Å². The second-order valence-corrected chi connectivity index (χ2v) is 3.97. The Bertz CT molecular complexity index is 452. The Labute approximate surface area is 108 Å². The molecule has 0 spiro atoms. The van der Waals surface area contributed by atoms with Crippen LogP contribution >= 0.6 is 0 Å². The Morgan fingerprint density at radius 3 is 2.39 bits per heavy atom. The summed E-state index contributed by atoms with van der Waals surface area (Å²) in [6.45, 7) is 10.2. The Hall–Kier alpha value is -2.04. The third-order valence-corrected chi connectivity index (χ3v) is 2.68. The van der Waals surface area contributed by atoms with Crippen LogP contribution in [0.3, 0.4) is 0 Å². The first-order chi connectivity index (χ1) is 8.56. The highest BCUT2D eigenvalue weighted by Gasteiger charge is 2.22. The molecule has 1 rings (SSSR count). The summed E-state index contributed by atoms with van der Waals surface area (Å²) < 4.78 is 1.54. The Morgan fingerprint density at radius 2 is 2.00 bits per heavy atom. The van der Waals surface area contributed by atoms with Crippen molar-refractivity contribution in [1.29, 1.82) is 0 Å². The van der Waals surface area contributed by atoms with Gasteiger partial charge in [0.1, 0.15) is 5.69 Å². The van der Waals surface area contributed by atoms with Crippen molar-refractivity contribution in [2.45, 2.75) is 13.3 Å². The van der Waals surface area contributed by atoms with Crippen LogP contribution in [0.2, 0.25) is 0 Å². The molecule has 0 aliphatic heterocycles. The van der Waals surface area contributed by atoms with E-state index >= 15 is 0 Å². The molecule has 0 unspecified atom stereocenters.